The van der Waals surface area contributed by atoms with Crippen molar-refractivity contribution in [1.82, 2.24) is 15.0 Å². The molecule has 1 heterocycles. The number of nitrogens with zero attached hydrogens (tertiary/aromatic N) is 3. The Labute approximate surface area is 120 Å². The molecule has 0 bridgehead atoms. The standard InChI is InChI=1S/C15H12BrN3/c16-14-9-5-4-8-13(14)10-19-11-15(17-18-19)12-6-2-1-3-7-12/h1-9,11H,10H2. The molecule has 0 aliphatic heterocycles. The van der Waals surface area contributed by atoms with Crippen molar-refractivity contribution in [3.05, 3.63) is 70.8 Å². The average Bonchev–Trinajstić information content (AvgIpc) is 2.91. The Kier molecular flexibility index (Phi) is 3.42. The fraction of sp³-hybridized carbons (Fsp3) is 0.0667. The molecule has 0 N–H and O–H groups in total. The molecule has 0 amide bonds. The third kappa shape index (κ3) is 2.74. The van der Waals surface area contributed by atoms with Gasteiger partial charge in [0.15, 0.2) is 0 Å². The van der Waals surface area contributed by atoms with Gasteiger partial charge in [0.05, 0.1) is 12.7 Å². The second-order valence-electron chi connectivity index (χ2n) is 4.26. The molecule has 19 heavy (non-hydrogen) atoms. The molecule has 3 aromatic rings. The summed E-state index contributed by atoms with van der Waals surface area (Å²) in [5, 5.41) is 8.38. The Balaban J connectivity index is 1.85. The van der Waals surface area contributed by atoms with Crippen LogP contribution in [0.4, 0.5) is 0 Å². The SMILES string of the molecule is Brc1ccccc1Cn1cc(-c2ccccc2)nn1. The Morgan fingerprint density at radius 1 is 0.947 bits per heavy atom. The van der Waals surface area contributed by atoms with Crippen molar-refractivity contribution in [3.63, 3.8) is 0 Å². The number of benzene rings is 2. The van der Waals surface area contributed by atoms with Gasteiger partial charge in [0.25, 0.3) is 0 Å². The Hall–Kier alpha value is -1.94. The van der Waals surface area contributed by atoms with Gasteiger partial charge >= 0.3 is 0 Å². The van der Waals surface area contributed by atoms with Gasteiger partial charge in [0.1, 0.15) is 5.69 Å². The first-order valence-corrected chi connectivity index (χ1v) is 6.81. The fourth-order valence-electron chi connectivity index (χ4n) is 1.92. The van der Waals surface area contributed by atoms with Crippen LogP contribution in [0.5, 0.6) is 0 Å². The highest BCUT2D eigenvalue weighted by Crippen LogP contribution is 2.18. The van der Waals surface area contributed by atoms with Gasteiger partial charge in [-0.05, 0) is 11.6 Å². The number of hydrogen-bond donors (Lipinski definition) is 0. The molecule has 0 saturated heterocycles. The highest BCUT2D eigenvalue weighted by atomic mass is 79.9. The van der Waals surface area contributed by atoms with Gasteiger partial charge in [-0.2, -0.15) is 0 Å². The highest BCUT2D eigenvalue weighted by molar-refractivity contribution is 9.10. The molecule has 2 aromatic carbocycles. The van der Waals surface area contributed by atoms with Crippen LogP contribution in [-0.2, 0) is 6.54 Å². The summed E-state index contributed by atoms with van der Waals surface area (Å²) in [5.41, 5.74) is 3.17. The molecule has 0 aliphatic rings. The van der Waals surface area contributed by atoms with E-state index < -0.39 is 0 Å². The first-order valence-electron chi connectivity index (χ1n) is 6.02. The zero-order valence-electron chi connectivity index (χ0n) is 10.2. The van der Waals surface area contributed by atoms with Gasteiger partial charge < -0.3 is 0 Å². The second kappa shape index (κ2) is 5.36. The first kappa shape index (κ1) is 12.1. The quantitative estimate of drug-likeness (QED) is 0.737. The summed E-state index contributed by atoms with van der Waals surface area (Å²) >= 11 is 3.54. The van der Waals surface area contributed by atoms with E-state index in [-0.39, 0.29) is 0 Å². The summed E-state index contributed by atoms with van der Waals surface area (Å²) in [7, 11) is 0. The van der Waals surface area contributed by atoms with Crippen LogP contribution < -0.4 is 0 Å². The van der Waals surface area contributed by atoms with Crippen molar-refractivity contribution in [3.8, 4) is 11.3 Å². The third-order valence-electron chi connectivity index (χ3n) is 2.90. The Morgan fingerprint density at radius 3 is 2.47 bits per heavy atom. The van der Waals surface area contributed by atoms with Gasteiger partial charge in [-0.3, -0.25) is 0 Å². The predicted molar refractivity (Wildman–Crippen MR) is 78.7 cm³/mol. The number of halogens is 1. The zero-order chi connectivity index (χ0) is 13.1. The minimum Gasteiger partial charge on any atom is -0.247 e. The van der Waals surface area contributed by atoms with E-state index in [1.54, 1.807) is 0 Å². The Morgan fingerprint density at radius 2 is 1.68 bits per heavy atom. The van der Waals surface area contributed by atoms with E-state index in [0.29, 0.717) is 6.54 Å². The molecule has 0 saturated carbocycles. The van der Waals surface area contributed by atoms with Crippen LogP contribution in [0.3, 0.4) is 0 Å². The van der Waals surface area contributed by atoms with E-state index in [1.165, 1.54) is 5.56 Å². The molecule has 0 spiro atoms. The van der Waals surface area contributed by atoms with Gasteiger partial charge in [-0.15, -0.1) is 5.10 Å². The van der Waals surface area contributed by atoms with E-state index in [4.69, 9.17) is 0 Å². The van der Waals surface area contributed by atoms with Crippen molar-refractivity contribution < 1.29 is 0 Å². The summed E-state index contributed by atoms with van der Waals surface area (Å²) in [5.74, 6) is 0. The lowest BCUT2D eigenvalue weighted by atomic mass is 10.2. The maximum Gasteiger partial charge on any atom is 0.113 e. The van der Waals surface area contributed by atoms with Crippen LogP contribution in [0, 0.1) is 0 Å². The second-order valence-corrected chi connectivity index (χ2v) is 5.11. The van der Waals surface area contributed by atoms with Crippen molar-refractivity contribution in [2.24, 2.45) is 0 Å². The fourth-order valence-corrected chi connectivity index (χ4v) is 2.33. The molecule has 0 aliphatic carbocycles. The monoisotopic (exact) mass is 313 g/mol. The van der Waals surface area contributed by atoms with Gasteiger partial charge in [-0.25, -0.2) is 4.68 Å². The summed E-state index contributed by atoms with van der Waals surface area (Å²) < 4.78 is 2.94. The van der Waals surface area contributed by atoms with Crippen LogP contribution >= 0.6 is 15.9 Å². The van der Waals surface area contributed by atoms with Crippen LogP contribution in [0.15, 0.2) is 65.3 Å². The molecular formula is C15H12BrN3. The summed E-state index contributed by atoms with van der Waals surface area (Å²) in [6, 6.07) is 18.2. The lowest BCUT2D eigenvalue weighted by Gasteiger charge is -2.02. The minimum atomic E-state index is 0.710. The predicted octanol–water partition coefficient (Wildman–Crippen LogP) is 3.76. The molecular weight excluding hydrogens is 302 g/mol. The van der Waals surface area contributed by atoms with Gasteiger partial charge in [-0.1, -0.05) is 69.7 Å². The van der Waals surface area contributed by atoms with Crippen LogP contribution in [0.1, 0.15) is 5.56 Å². The first-order chi connectivity index (χ1) is 9.33. The Bertz CT molecular complexity index is 677. The third-order valence-corrected chi connectivity index (χ3v) is 3.67. The van der Waals surface area contributed by atoms with Gasteiger partial charge in [0, 0.05) is 10.0 Å². The summed E-state index contributed by atoms with van der Waals surface area (Å²) in [4.78, 5) is 0. The van der Waals surface area contributed by atoms with Crippen molar-refractivity contribution in [2.45, 2.75) is 6.54 Å². The molecule has 1 aromatic heterocycles. The van der Waals surface area contributed by atoms with E-state index in [0.717, 1.165) is 15.7 Å². The van der Waals surface area contributed by atoms with Crippen molar-refractivity contribution in [1.29, 1.82) is 0 Å². The van der Waals surface area contributed by atoms with E-state index in [1.807, 2.05) is 59.4 Å². The topological polar surface area (TPSA) is 30.7 Å². The number of hydrogen-bond acceptors (Lipinski definition) is 2. The van der Waals surface area contributed by atoms with Crippen molar-refractivity contribution in [2.75, 3.05) is 0 Å². The normalized spacial score (nSPS) is 10.6. The summed E-state index contributed by atoms with van der Waals surface area (Å²) in [6.45, 7) is 0.710. The van der Waals surface area contributed by atoms with Crippen molar-refractivity contribution >= 4 is 15.9 Å². The molecule has 0 atom stereocenters. The van der Waals surface area contributed by atoms with E-state index >= 15 is 0 Å². The smallest absolute Gasteiger partial charge is 0.113 e. The molecule has 0 unspecified atom stereocenters. The van der Waals surface area contributed by atoms with Crippen LogP contribution in [-0.4, -0.2) is 15.0 Å². The maximum atomic E-state index is 4.21. The highest BCUT2D eigenvalue weighted by Gasteiger charge is 2.05. The molecule has 3 rings (SSSR count). The molecule has 3 nitrogen and oxygen atoms in total. The minimum absolute atomic E-state index is 0.710. The van der Waals surface area contributed by atoms with E-state index in [2.05, 4.69) is 32.3 Å². The molecule has 0 radical (unpaired) electrons. The van der Waals surface area contributed by atoms with Crippen LogP contribution in [0.2, 0.25) is 0 Å². The van der Waals surface area contributed by atoms with Gasteiger partial charge in [0.2, 0.25) is 0 Å². The zero-order valence-corrected chi connectivity index (χ0v) is 11.8. The number of aromatic nitrogens is 3. The molecule has 0 fully saturated rings. The lowest BCUT2D eigenvalue weighted by molar-refractivity contribution is 0.648. The average molecular weight is 314 g/mol. The van der Waals surface area contributed by atoms with Crippen LogP contribution in [0.25, 0.3) is 11.3 Å². The largest absolute Gasteiger partial charge is 0.247 e. The summed E-state index contributed by atoms with van der Waals surface area (Å²) in [6.07, 6.45) is 1.97. The maximum absolute atomic E-state index is 4.21. The number of rotatable bonds is 3. The molecule has 94 valence electrons. The van der Waals surface area contributed by atoms with E-state index in [9.17, 15) is 0 Å². The molecule has 4 heteroatoms. The lowest BCUT2D eigenvalue weighted by Crippen LogP contribution is -2.00.